The van der Waals surface area contributed by atoms with Gasteiger partial charge in [-0.1, -0.05) is 18.9 Å². The minimum Gasteiger partial charge on any atom is -0.480 e. The molecule has 160 valence electrons. The number of benzene rings is 1. The summed E-state index contributed by atoms with van der Waals surface area (Å²) < 4.78 is 45.8. The Balaban J connectivity index is 1.72. The molecule has 1 unspecified atom stereocenters. The minimum absolute atomic E-state index is 0.0993. The average molecular weight is 421 g/mol. The summed E-state index contributed by atoms with van der Waals surface area (Å²) >= 11 is 0. The molecule has 1 amide bonds. The highest BCUT2D eigenvalue weighted by atomic mass is 19.2. The molecule has 3 rings (SSSR count). The Morgan fingerprint density at radius 2 is 1.83 bits per heavy atom. The molecule has 0 bridgehead atoms. The van der Waals surface area contributed by atoms with Crippen LogP contribution in [0.5, 0.6) is 5.75 Å². The zero-order valence-electron chi connectivity index (χ0n) is 16.2. The van der Waals surface area contributed by atoms with Crippen LogP contribution >= 0.6 is 0 Å². The molecule has 1 aromatic heterocycles. The fraction of sp³-hybridized carbons (Fsp3) is 0.381. The van der Waals surface area contributed by atoms with Gasteiger partial charge in [0.05, 0.1) is 6.04 Å². The van der Waals surface area contributed by atoms with Crippen molar-refractivity contribution in [2.75, 3.05) is 12.3 Å². The van der Waals surface area contributed by atoms with Gasteiger partial charge in [-0.25, -0.2) is 13.8 Å². The van der Waals surface area contributed by atoms with Crippen LogP contribution in [-0.4, -0.2) is 29.3 Å². The number of rotatable bonds is 8. The lowest BCUT2D eigenvalue weighted by Gasteiger charge is -2.20. The maximum Gasteiger partial charge on any atom is 0.223 e. The molecule has 6 nitrogen and oxygen atoms in total. The number of nitrogen functional groups attached to an aromatic ring is 1. The molecule has 1 atom stereocenters. The molecular formula is C21H22F3N3O3. The summed E-state index contributed by atoms with van der Waals surface area (Å²) in [6.07, 6.45) is 4.95. The highest BCUT2D eigenvalue weighted by molar-refractivity contribution is 5.91. The number of carbonyl (C=O) groups is 2. The molecule has 0 aliphatic heterocycles. The molecule has 1 saturated carbocycles. The average Bonchev–Trinajstić information content (AvgIpc) is 3.27. The van der Waals surface area contributed by atoms with Crippen LogP contribution in [0.1, 0.15) is 31.2 Å². The van der Waals surface area contributed by atoms with E-state index in [0.29, 0.717) is 23.5 Å². The molecule has 3 N–H and O–H groups in total. The third-order valence-electron chi connectivity index (χ3n) is 5.08. The lowest BCUT2D eigenvalue weighted by molar-refractivity contribution is -0.131. The van der Waals surface area contributed by atoms with E-state index in [1.165, 1.54) is 6.20 Å². The molecule has 1 aliphatic rings. The van der Waals surface area contributed by atoms with Crippen molar-refractivity contribution in [3.05, 3.63) is 53.5 Å². The number of nitrogens with two attached hydrogens (primary N) is 1. The van der Waals surface area contributed by atoms with Gasteiger partial charge in [0.25, 0.3) is 0 Å². The van der Waals surface area contributed by atoms with Gasteiger partial charge in [0.1, 0.15) is 12.4 Å². The van der Waals surface area contributed by atoms with Crippen LogP contribution in [0.15, 0.2) is 30.5 Å². The van der Waals surface area contributed by atoms with Gasteiger partial charge >= 0.3 is 0 Å². The second-order valence-corrected chi connectivity index (χ2v) is 7.27. The lowest BCUT2D eigenvalue weighted by atomic mass is 10.0. The van der Waals surface area contributed by atoms with E-state index in [4.69, 9.17) is 10.5 Å². The number of ether oxygens (including phenoxy) is 1. The van der Waals surface area contributed by atoms with Crippen LogP contribution in [0.2, 0.25) is 0 Å². The summed E-state index contributed by atoms with van der Waals surface area (Å²) in [5, 5.41) is 2.71. The normalized spacial score (nSPS) is 15.0. The van der Waals surface area contributed by atoms with Crippen molar-refractivity contribution in [3.8, 4) is 5.75 Å². The number of amides is 1. The number of aromatic nitrogens is 1. The summed E-state index contributed by atoms with van der Waals surface area (Å²) in [6, 6.07) is 3.56. The second-order valence-electron chi connectivity index (χ2n) is 7.27. The van der Waals surface area contributed by atoms with Gasteiger partial charge in [0, 0.05) is 18.5 Å². The summed E-state index contributed by atoms with van der Waals surface area (Å²) in [5.41, 5.74) is 6.20. The second kappa shape index (κ2) is 9.60. The molecule has 1 heterocycles. The molecule has 0 spiro atoms. The molecule has 2 aromatic rings. The van der Waals surface area contributed by atoms with Gasteiger partial charge in [-0.05, 0) is 36.6 Å². The molecule has 0 saturated heterocycles. The molecule has 0 radical (unpaired) electrons. The quantitative estimate of drug-likeness (QED) is 0.639. The summed E-state index contributed by atoms with van der Waals surface area (Å²) in [5.74, 6) is -5.65. The zero-order valence-corrected chi connectivity index (χ0v) is 16.2. The van der Waals surface area contributed by atoms with Crippen LogP contribution in [0.4, 0.5) is 19.0 Å². The van der Waals surface area contributed by atoms with Gasteiger partial charge in [0.2, 0.25) is 11.7 Å². The maximum atomic E-state index is 13.8. The third-order valence-corrected chi connectivity index (χ3v) is 5.08. The van der Waals surface area contributed by atoms with Gasteiger partial charge in [0.15, 0.2) is 23.2 Å². The monoisotopic (exact) mass is 421 g/mol. The van der Waals surface area contributed by atoms with Crippen LogP contribution in [-0.2, 0) is 16.0 Å². The zero-order chi connectivity index (χ0) is 21.7. The van der Waals surface area contributed by atoms with Crippen molar-refractivity contribution >= 4 is 17.5 Å². The molecule has 1 fully saturated rings. The number of nitrogens with zero attached hydrogens (tertiary/aromatic N) is 1. The van der Waals surface area contributed by atoms with Crippen molar-refractivity contribution in [2.45, 2.75) is 38.1 Å². The predicted octanol–water partition coefficient (Wildman–Crippen LogP) is 2.95. The Bertz CT molecular complexity index is 916. The van der Waals surface area contributed by atoms with Crippen molar-refractivity contribution in [3.63, 3.8) is 0 Å². The smallest absolute Gasteiger partial charge is 0.223 e. The third kappa shape index (κ3) is 5.28. The molecular weight excluding hydrogens is 399 g/mol. The number of pyridine rings is 1. The van der Waals surface area contributed by atoms with Crippen molar-refractivity contribution in [1.29, 1.82) is 0 Å². The lowest BCUT2D eigenvalue weighted by Crippen LogP contribution is -2.46. The first-order valence-electron chi connectivity index (χ1n) is 9.65. The van der Waals surface area contributed by atoms with Crippen LogP contribution < -0.4 is 15.8 Å². The van der Waals surface area contributed by atoms with E-state index < -0.39 is 41.6 Å². The number of ketones is 1. The Labute approximate surface area is 171 Å². The molecule has 30 heavy (non-hydrogen) atoms. The first-order valence-corrected chi connectivity index (χ1v) is 9.65. The number of carbonyl (C=O) groups excluding carboxylic acids is 2. The van der Waals surface area contributed by atoms with Gasteiger partial charge in [-0.3, -0.25) is 9.59 Å². The van der Waals surface area contributed by atoms with Crippen molar-refractivity contribution < 1.29 is 27.5 Å². The highest BCUT2D eigenvalue weighted by Gasteiger charge is 2.28. The van der Waals surface area contributed by atoms with Crippen molar-refractivity contribution in [2.24, 2.45) is 5.92 Å². The van der Waals surface area contributed by atoms with Gasteiger partial charge in [-0.15, -0.1) is 0 Å². The van der Waals surface area contributed by atoms with Crippen molar-refractivity contribution in [1.82, 2.24) is 10.3 Å². The van der Waals surface area contributed by atoms with Gasteiger partial charge in [-0.2, -0.15) is 4.39 Å². The first-order chi connectivity index (χ1) is 14.3. The number of halogens is 3. The Kier molecular flexibility index (Phi) is 6.91. The van der Waals surface area contributed by atoms with Gasteiger partial charge < -0.3 is 15.8 Å². The van der Waals surface area contributed by atoms with E-state index in [1.54, 1.807) is 12.1 Å². The highest BCUT2D eigenvalue weighted by Crippen LogP contribution is 2.25. The first kappa shape index (κ1) is 21.6. The topological polar surface area (TPSA) is 94.3 Å². The van der Waals surface area contributed by atoms with Crippen LogP contribution in [0.3, 0.4) is 0 Å². The number of anilines is 1. The molecule has 1 aliphatic carbocycles. The standard InChI is InChI=1S/C21H22F3N3O3/c22-14-6-7-15(23)20(19(14)24)30-11-17(28)16(9-12-5-8-18(25)26-10-12)27-21(29)13-3-1-2-4-13/h5-8,10,13,16H,1-4,9,11H2,(H2,25,26)(H,27,29). The van der Waals surface area contributed by atoms with E-state index in [-0.39, 0.29) is 18.2 Å². The molecule has 1 aromatic carbocycles. The summed E-state index contributed by atoms with van der Waals surface area (Å²) in [7, 11) is 0. The fourth-order valence-corrected chi connectivity index (χ4v) is 3.40. The number of nitrogens with one attached hydrogen (secondary N) is 1. The van der Waals surface area contributed by atoms with Crippen LogP contribution in [0.25, 0.3) is 0 Å². The van der Waals surface area contributed by atoms with E-state index in [2.05, 4.69) is 10.3 Å². The SMILES string of the molecule is Nc1ccc(CC(NC(=O)C2CCCC2)C(=O)COc2c(F)ccc(F)c2F)cn1. The van der Waals surface area contributed by atoms with E-state index >= 15 is 0 Å². The summed E-state index contributed by atoms with van der Waals surface area (Å²) in [6.45, 7) is -0.741. The fourth-order valence-electron chi connectivity index (χ4n) is 3.40. The van der Waals surface area contributed by atoms with E-state index in [9.17, 15) is 22.8 Å². The number of hydrogen-bond acceptors (Lipinski definition) is 5. The Morgan fingerprint density at radius 1 is 1.13 bits per heavy atom. The number of hydrogen-bond donors (Lipinski definition) is 2. The van der Waals surface area contributed by atoms with Crippen LogP contribution in [0, 0.1) is 23.4 Å². The Hall–Kier alpha value is -3.10. The minimum atomic E-state index is -1.52. The number of Topliss-reactive ketones (excluding diaryl/α,β-unsaturated/α-hetero) is 1. The predicted molar refractivity (Wildman–Crippen MR) is 103 cm³/mol. The molecule has 9 heteroatoms. The largest absolute Gasteiger partial charge is 0.480 e. The maximum absolute atomic E-state index is 13.8. The van der Waals surface area contributed by atoms with E-state index in [0.717, 1.165) is 25.7 Å². The summed E-state index contributed by atoms with van der Waals surface area (Å²) in [4.78, 5) is 29.2. The Morgan fingerprint density at radius 3 is 2.50 bits per heavy atom. The van der Waals surface area contributed by atoms with E-state index in [1.807, 2.05) is 0 Å².